The molecule has 1 saturated heterocycles. The van der Waals surface area contributed by atoms with Crippen LogP contribution in [0.5, 0.6) is 0 Å². The third-order valence-corrected chi connectivity index (χ3v) is 4.62. The summed E-state index contributed by atoms with van der Waals surface area (Å²) in [6.45, 7) is 5.85. The monoisotopic (exact) mass is 339 g/mol. The van der Waals surface area contributed by atoms with E-state index >= 15 is 0 Å². The minimum atomic E-state index is -0.475. The molecule has 0 aliphatic carbocycles. The van der Waals surface area contributed by atoms with Crippen LogP contribution in [0.1, 0.15) is 21.5 Å². The summed E-state index contributed by atoms with van der Waals surface area (Å²) in [5.74, 6) is -0.140. The van der Waals surface area contributed by atoms with Crippen molar-refractivity contribution in [3.05, 3.63) is 75.3 Å². The standard InChI is InChI=1S/C19H21N3O3/c1-15-5-2-3-6-17(15)14-20-9-11-21(12-10-20)19(23)16-7-4-8-18(13-16)22(24)25/h2-8,13H,9-12,14H2,1H3. The van der Waals surface area contributed by atoms with Crippen LogP contribution in [-0.2, 0) is 6.54 Å². The van der Waals surface area contributed by atoms with Crippen LogP contribution in [0.4, 0.5) is 5.69 Å². The molecule has 0 bridgehead atoms. The van der Waals surface area contributed by atoms with Gasteiger partial charge in [-0.05, 0) is 24.1 Å². The lowest BCUT2D eigenvalue weighted by Crippen LogP contribution is -2.48. The minimum Gasteiger partial charge on any atom is -0.336 e. The van der Waals surface area contributed by atoms with Crippen LogP contribution >= 0.6 is 0 Å². The number of carbonyl (C=O) groups is 1. The van der Waals surface area contributed by atoms with E-state index in [0.717, 1.165) is 19.6 Å². The molecule has 0 atom stereocenters. The van der Waals surface area contributed by atoms with Crippen molar-refractivity contribution in [1.82, 2.24) is 9.80 Å². The molecule has 0 aromatic heterocycles. The number of non-ortho nitro benzene ring substituents is 1. The zero-order valence-electron chi connectivity index (χ0n) is 14.2. The molecule has 6 nitrogen and oxygen atoms in total. The summed E-state index contributed by atoms with van der Waals surface area (Å²) < 4.78 is 0. The highest BCUT2D eigenvalue weighted by Gasteiger charge is 2.23. The summed E-state index contributed by atoms with van der Waals surface area (Å²) in [7, 11) is 0. The Hall–Kier alpha value is -2.73. The number of nitro benzene ring substituents is 1. The van der Waals surface area contributed by atoms with Gasteiger partial charge in [0.2, 0.25) is 0 Å². The molecule has 0 unspecified atom stereocenters. The van der Waals surface area contributed by atoms with E-state index in [0.29, 0.717) is 18.7 Å². The molecule has 0 saturated carbocycles. The van der Waals surface area contributed by atoms with Gasteiger partial charge in [-0.1, -0.05) is 30.3 Å². The smallest absolute Gasteiger partial charge is 0.270 e. The van der Waals surface area contributed by atoms with Crippen molar-refractivity contribution in [3.63, 3.8) is 0 Å². The maximum absolute atomic E-state index is 12.6. The van der Waals surface area contributed by atoms with Gasteiger partial charge in [-0.25, -0.2) is 0 Å². The van der Waals surface area contributed by atoms with Crippen molar-refractivity contribution in [2.24, 2.45) is 0 Å². The van der Waals surface area contributed by atoms with E-state index in [1.165, 1.54) is 23.3 Å². The highest BCUT2D eigenvalue weighted by atomic mass is 16.6. The van der Waals surface area contributed by atoms with E-state index in [2.05, 4.69) is 24.0 Å². The Morgan fingerprint density at radius 1 is 1.08 bits per heavy atom. The Kier molecular flexibility index (Phi) is 5.09. The Morgan fingerprint density at radius 2 is 1.80 bits per heavy atom. The molecule has 1 aliphatic rings. The summed E-state index contributed by atoms with van der Waals surface area (Å²) in [6, 6.07) is 14.3. The Morgan fingerprint density at radius 3 is 2.48 bits per heavy atom. The van der Waals surface area contributed by atoms with Crippen molar-refractivity contribution < 1.29 is 9.72 Å². The number of rotatable bonds is 4. The summed E-state index contributed by atoms with van der Waals surface area (Å²) in [5.41, 5.74) is 2.91. The van der Waals surface area contributed by atoms with Gasteiger partial charge >= 0.3 is 0 Å². The zero-order valence-corrected chi connectivity index (χ0v) is 14.2. The van der Waals surface area contributed by atoms with E-state index < -0.39 is 4.92 Å². The first-order valence-corrected chi connectivity index (χ1v) is 8.35. The van der Waals surface area contributed by atoms with Gasteiger partial charge in [-0.2, -0.15) is 0 Å². The fraction of sp³-hybridized carbons (Fsp3) is 0.316. The lowest BCUT2D eigenvalue weighted by Gasteiger charge is -2.35. The maximum atomic E-state index is 12.6. The molecule has 25 heavy (non-hydrogen) atoms. The van der Waals surface area contributed by atoms with Crippen LogP contribution in [0.3, 0.4) is 0 Å². The second kappa shape index (κ2) is 7.44. The maximum Gasteiger partial charge on any atom is 0.270 e. The van der Waals surface area contributed by atoms with E-state index in [4.69, 9.17) is 0 Å². The molecular weight excluding hydrogens is 318 g/mol. The summed E-state index contributed by atoms with van der Waals surface area (Å²) >= 11 is 0. The van der Waals surface area contributed by atoms with Gasteiger partial charge in [0.25, 0.3) is 11.6 Å². The number of carbonyl (C=O) groups excluding carboxylic acids is 1. The largest absolute Gasteiger partial charge is 0.336 e. The van der Waals surface area contributed by atoms with Gasteiger partial charge in [0.15, 0.2) is 0 Å². The molecule has 1 fully saturated rings. The van der Waals surface area contributed by atoms with E-state index in [1.807, 2.05) is 12.1 Å². The number of nitro groups is 1. The predicted octanol–water partition coefficient (Wildman–Crippen LogP) is 2.86. The zero-order chi connectivity index (χ0) is 17.8. The van der Waals surface area contributed by atoms with Crippen molar-refractivity contribution in [2.45, 2.75) is 13.5 Å². The number of benzene rings is 2. The third-order valence-electron chi connectivity index (χ3n) is 4.62. The topological polar surface area (TPSA) is 66.7 Å². The molecule has 0 N–H and O–H groups in total. The summed E-state index contributed by atoms with van der Waals surface area (Å²) in [4.78, 5) is 27.1. The van der Waals surface area contributed by atoms with E-state index in [-0.39, 0.29) is 11.6 Å². The molecule has 3 rings (SSSR count). The van der Waals surface area contributed by atoms with E-state index in [9.17, 15) is 14.9 Å². The number of hydrogen-bond acceptors (Lipinski definition) is 4. The Labute approximate surface area is 146 Å². The lowest BCUT2D eigenvalue weighted by molar-refractivity contribution is -0.384. The fourth-order valence-electron chi connectivity index (χ4n) is 3.07. The second-order valence-electron chi connectivity index (χ2n) is 6.30. The van der Waals surface area contributed by atoms with Crippen molar-refractivity contribution in [3.8, 4) is 0 Å². The number of aryl methyl sites for hydroxylation is 1. The van der Waals surface area contributed by atoms with Crippen LogP contribution in [0.2, 0.25) is 0 Å². The van der Waals surface area contributed by atoms with Crippen LogP contribution in [0, 0.1) is 17.0 Å². The second-order valence-corrected chi connectivity index (χ2v) is 6.30. The first-order chi connectivity index (χ1) is 12.0. The van der Waals surface area contributed by atoms with Gasteiger partial charge in [0, 0.05) is 50.4 Å². The highest BCUT2D eigenvalue weighted by molar-refractivity contribution is 5.94. The Bertz CT molecular complexity index is 783. The van der Waals surface area contributed by atoms with Gasteiger partial charge in [-0.3, -0.25) is 19.8 Å². The quantitative estimate of drug-likeness (QED) is 0.634. The average Bonchev–Trinajstić information content (AvgIpc) is 2.64. The number of amides is 1. The van der Waals surface area contributed by atoms with Crippen LogP contribution in [-0.4, -0.2) is 46.8 Å². The molecule has 6 heteroatoms. The van der Waals surface area contributed by atoms with Crippen LogP contribution in [0.25, 0.3) is 0 Å². The molecule has 1 heterocycles. The lowest BCUT2D eigenvalue weighted by atomic mass is 10.1. The first-order valence-electron chi connectivity index (χ1n) is 8.35. The SMILES string of the molecule is Cc1ccccc1CN1CCN(C(=O)c2cccc([N+](=O)[O-])c2)CC1. The highest BCUT2D eigenvalue weighted by Crippen LogP contribution is 2.17. The van der Waals surface area contributed by atoms with Crippen molar-refractivity contribution in [1.29, 1.82) is 0 Å². The molecule has 1 aliphatic heterocycles. The van der Waals surface area contributed by atoms with Gasteiger partial charge in [0.1, 0.15) is 0 Å². The number of piperazine rings is 1. The molecular formula is C19H21N3O3. The molecule has 2 aromatic carbocycles. The third kappa shape index (κ3) is 4.03. The van der Waals surface area contributed by atoms with Crippen LogP contribution in [0.15, 0.2) is 48.5 Å². The summed E-state index contributed by atoms with van der Waals surface area (Å²) in [6.07, 6.45) is 0. The van der Waals surface area contributed by atoms with E-state index in [1.54, 1.807) is 17.0 Å². The molecule has 130 valence electrons. The fourth-order valence-corrected chi connectivity index (χ4v) is 3.07. The van der Waals surface area contributed by atoms with Gasteiger partial charge < -0.3 is 4.90 Å². The van der Waals surface area contributed by atoms with Crippen molar-refractivity contribution >= 4 is 11.6 Å². The van der Waals surface area contributed by atoms with Crippen molar-refractivity contribution in [2.75, 3.05) is 26.2 Å². The molecule has 1 amide bonds. The van der Waals surface area contributed by atoms with Crippen LogP contribution < -0.4 is 0 Å². The number of nitrogens with zero attached hydrogens (tertiary/aromatic N) is 3. The first kappa shape index (κ1) is 17.1. The molecule has 0 radical (unpaired) electrons. The molecule has 2 aromatic rings. The predicted molar refractivity (Wildman–Crippen MR) is 95.5 cm³/mol. The average molecular weight is 339 g/mol. The normalized spacial score (nSPS) is 15.2. The minimum absolute atomic E-state index is 0.0518. The number of hydrogen-bond donors (Lipinski definition) is 0. The van der Waals surface area contributed by atoms with Gasteiger partial charge in [0.05, 0.1) is 4.92 Å². The summed E-state index contributed by atoms with van der Waals surface area (Å²) in [5, 5.41) is 10.9. The molecule has 0 spiro atoms. The Balaban J connectivity index is 1.60. The van der Waals surface area contributed by atoms with Gasteiger partial charge in [-0.15, -0.1) is 0 Å².